The van der Waals surface area contributed by atoms with Gasteiger partial charge in [-0.15, -0.1) is 6.42 Å². The van der Waals surface area contributed by atoms with E-state index in [1.54, 1.807) is 30.3 Å². The van der Waals surface area contributed by atoms with E-state index in [2.05, 4.69) is 32.4 Å². The molecule has 0 saturated heterocycles. The van der Waals surface area contributed by atoms with Crippen LogP contribution in [0.4, 0.5) is 0 Å². The molecule has 8 heteroatoms. The minimum Gasteiger partial charge on any atom is -0.497 e. The third-order valence-electron chi connectivity index (χ3n) is 3.54. The first-order chi connectivity index (χ1) is 13.5. The second kappa shape index (κ2) is 10.2. The van der Waals surface area contributed by atoms with Crippen molar-refractivity contribution in [2.75, 3.05) is 27.9 Å². The summed E-state index contributed by atoms with van der Waals surface area (Å²) in [6.45, 7) is 0.114. The van der Waals surface area contributed by atoms with Crippen LogP contribution >= 0.6 is 15.9 Å². The fraction of sp³-hybridized carbons (Fsp3) is 0.200. The SMILES string of the molecule is C#CCOc1c(Br)cc(/C=N\NC(=O)c2cc(OC)cc(OC)c2)cc1OC. The molecule has 0 radical (unpaired) electrons. The first-order valence-corrected chi connectivity index (χ1v) is 8.82. The number of hydrogen-bond donors (Lipinski definition) is 1. The lowest BCUT2D eigenvalue weighted by Crippen LogP contribution is -2.17. The lowest BCUT2D eigenvalue weighted by molar-refractivity contribution is 0.0954. The molecular weight excluding hydrogens is 428 g/mol. The number of benzene rings is 2. The zero-order valence-corrected chi connectivity index (χ0v) is 17.2. The van der Waals surface area contributed by atoms with Crippen LogP contribution in [-0.2, 0) is 0 Å². The molecule has 7 nitrogen and oxygen atoms in total. The second-order valence-electron chi connectivity index (χ2n) is 5.33. The van der Waals surface area contributed by atoms with Crippen molar-refractivity contribution in [3.05, 3.63) is 45.9 Å². The van der Waals surface area contributed by atoms with E-state index in [1.165, 1.54) is 27.5 Å². The average Bonchev–Trinajstić information content (AvgIpc) is 2.71. The van der Waals surface area contributed by atoms with E-state index in [0.29, 0.717) is 38.6 Å². The summed E-state index contributed by atoms with van der Waals surface area (Å²) >= 11 is 3.41. The van der Waals surface area contributed by atoms with Crippen LogP contribution < -0.4 is 24.4 Å². The number of carbonyl (C=O) groups is 1. The van der Waals surface area contributed by atoms with Gasteiger partial charge in [-0.05, 0) is 45.8 Å². The first kappa shape index (κ1) is 21.1. The molecule has 0 heterocycles. The summed E-state index contributed by atoms with van der Waals surface area (Å²) in [7, 11) is 4.54. The maximum Gasteiger partial charge on any atom is 0.271 e. The minimum absolute atomic E-state index is 0.114. The summed E-state index contributed by atoms with van der Waals surface area (Å²) in [6, 6.07) is 8.32. The van der Waals surface area contributed by atoms with Crippen molar-refractivity contribution in [3.63, 3.8) is 0 Å². The molecule has 0 fully saturated rings. The number of hydrogen-bond acceptors (Lipinski definition) is 6. The topological polar surface area (TPSA) is 78.4 Å². The van der Waals surface area contributed by atoms with Gasteiger partial charge in [0.2, 0.25) is 0 Å². The number of terminal acetylenes is 1. The monoisotopic (exact) mass is 446 g/mol. The smallest absolute Gasteiger partial charge is 0.271 e. The molecule has 0 aliphatic carbocycles. The highest BCUT2D eigenvalue weighted by atomic mass is 79.9. The summed E-state index contributed by atoms with van der Waals surface area (Å²) in [5, 5.41) is 3.98. The van der Waals surface area contributed by atoms with Crippen LogP contribution in [0.5, 0.6) is 23.0 Å². The molecule has 0 bridgehead atoms. The van der Waals surface area contributed by atoms with Crippen molar-refractivity contribution in [3.8, 4) is 35.3 Å². The summed E-state index contributed by atoms with van der Waals surface area (Å²) in [5.41, 5.74) is 3.49. The predicted octanol–water partition coefficient (Wildman–Crippen LogP) is 3.25. The van der Waals surface area contributed by atoms with Gasteiger partial charge in [-0.2, -0.15) is 5.10 Å². The number of nitrogens with zero attached hydrogens (tertiary/aromatic N) is 1. The van der Waals surface area contributed by atoms with Crippen LogP contribution in [0.3, 0.4) is 0 Å². The van der Waals surface area contributed by atoms with Gasteiger partial charge in [0.15, 0.2) is 11.5 Å². The molecule has 146 valence electrons. The maximum absolute atomic E-state index is 12.3. The molecule has 2 aromatic carbocycles. The van der Waals surface area contributed by atoms with Crippen molar-refractivity contribution < 1.29 is 23.7 Å². The third kappa shape index (κ3) is 5.41. The van der Waals surface area contributed by atoms with Gasteiger partial charge in [0.1, 0.15) is 18.1 Å². The Morgan fingerprint density at radius 2 is 1.82 bits per heavy atom. The van der Waals surface area contributed by atoms with E-state index >= 15 is 0 Å². The standard InChI is InChI=1S/C20H19BrN2O5/c1-5-6-28-19-17(21)7-13(8-18(19)27-4)12-22-23-20(24)14-9-15(25-2)11-16(10-14)26-3/h1,7-12H,6H2,2-4H3,(H,23,24)/b22-12-. The summed E-state index contributed by atoms with van der Waals surface area (Å²) in [5.74, 6) is 3.97. The van der Waals surface area contributed by atoms with Gasteiger partial charge < -0.3 is 18.9 Å². The Bertz CT molecular complexity index is 899. The summed E-state index contributed by atoms with van der Waals surface area (Å²) in [6.07, 6.45) is 6.70. The van der Waals surface area contributed by atoms with Gasteiger partial charge in [-0.3, -0.25) is 4.79 Å². The molecule has 2 rings (SSSR count). The highest BCUT2D eigenvalue weighted by Gasteiger charge is 2.12. The van der Waals surface area contributed by atoms with E-state index in [-0.39, 0.29) is 6.61 Å². The maximum atomic E-state index is 12.3. The Kier molecular flexibility index (Phi) is 7.72. The zero-order chi connectivity index (χ0) is 20.5. The second-order valence-corrected chi connectivity index (χ2v) is 6.18. The third-order valence-corrected chi connectivity index (χ3v) is 4.13. The molecule has 0 aliphatic rings. The molecule has 1 N–H and O–H groups in total. The van der Waals surface area contributed by atoms with Crippen molar-refractivity contribution in [2.24, 2.45) is 5.10 Å². The number of halogens is 1. The molecule has 0 aromatic heterocycles. The van der Waals surface area contributed by atoms with Gasteiger partial charge in [0, 0.05) is 11.6 Å². The van der Waals surface area contributed by atoms with Crippen LogP contribution in [0.2, 0.25) is 0 Å². The molecular formula is C20H19BrN2O5. The fourth-order valence-electron chi connectivity index (χ4n) is 2.24. The Morgan fingerprint density at radius 1 is 1.14 bits per heavy atom. The number of amides is 1. The highest BCUT2D eigenvalue weighted by Crippen LogP contribution is 2.36. The highest BCUT2D eigenvalue weighted by molar-refractivity contribution is 9.10. The van der Waals surface area contributed by atoms with Crippen molar-refractivity contribution in [1.82, 2.24) is 5.43 Å². The average molecular weight is 447 g/mol. The molecule has 1 amide bonds. The Hall–Kier alpha value is -3.18. The number of methoxy groups -OCH3 is 3. The van der Waals surface area contributed by atoms with E-state index < -0.39 is 5.91 Å². The lowest BCUT2D eigenvalue weighted by Gasteiger charge is -2.11. The number of hydrazone groups is 1. The van der Waals surface area contributed by atoms with Crippen LogP contribution in [-0.4, -0.2) is 40.1 Å². The van der Waals surface area contributed by atoms with Gasteiger partial charge >= 0.3 is 0 Å². The number of rotatable bonds is 8. The lowest BCUT2D eigenvalue weighted by atomic mass is 10.2. The van der Waals surface area contributed by atoms with Crippen molar-refractivity contribution in [2.45, 2.75) is 0 Å². The Balaban J connectivity index is 2.15. The van der Waals surface area contributed by atoms with Crippen LogP contribution in [0.1, 0.15) is 15.9 Å². The molecule has 0 spiro atoms. The van der Waals surface area contributed by atoms with Gasteiger partial charge in [-0.25, -0.2) is 5.43 Å². The number of ether oxygens (including phenoxy) is 4. The molecule has 0 unspecified atom stereocenters. The Morgan fingerprint density at radius 3 is 2.39 bits per heavy atom. The molecule has 28 heavy (non-hydrogen) atoms. The minimum atomic E-state index is -0.409. The molecule has 2 aromatic rings. The van der Waals surface area contributed by atoms with Gasteiger partial charge in [-0.1, -0.05) is 5.92 Å². The quantitative estimate of drug-likeness (QED) is 0.382. The first-order valence-electron chi connectivity index (χ1n) is 8.02. The van der Waals surface area contributed by atoms with Crippen molar-refractivity contribution in [1.29, 1.82) is 0 Å². The normalized spacial score (nSPS) is 10.2. The van der Waals surface area contributed by atoms with Crippen LogP contribution in [0.25, 0.3) is 0 Å². The largest absolute Gasteiger partial charge is 0.497 e. The van der Waals surface area contributed by atoms with Gasteiger partial charge in [0.05, 0.1) is 32.0 Å². The molecule has 0 aliphatic heterocycles. The number of nitrogens with one attached hydrogen (secondary N) is 1. The zero-order valence-electron chi connectivity index (χ0n) is 15.6. The molecule has 0 atom stereocenters. The predicted molar refractivity (Wildman–Crippen MR) is 110 cm³/mol. The summed E-state index contributed by atoms with van der Waals surface area (Å²) in [4.78, 5) is 12.3. The fourth-order valence-corrected chi connectivity index (χ4v) is 2.81. The van der Waals surface area contributed by atoms with Gasteiger partial charge in [0.25, 0.3) is 5.91 Å². The van der Waals surface area contributed by atoms with E-state index in [9.17, 15) is 4.79 Å². The van der Waals surface area contributed by atoms with E-state index in [0.717, 1.165) is 0 Å². The van der Waals surface area contributed by atoms with E-state index in [4.69, 9.17) is 25.4 Å². The molecule has 0 saturated carbocycles. The number of carbonyl (C=O) groups excluding carboxylic acids is 1. The Labute approximate surface area is 171 Å². The summed E-state index contributed by atoms with van der Waals surface area (Å²) < 4.78 is 21.7. The van der Waals surface area contributed by atoms with Crippen molar-refractivity contribution >= 4 is 28.1 Å². The van der Waals surface area contributed by atoms with Crippen LogP contribution in [0, 0.1) is 12.3 Å². The van der Waals surface area contributed by atoms with E-state index in [1.807, 2.05) is 0 Å². The van der Waals surface area contributed by atoms with Crippen LogP contribution in [0.15, 0.2) is 39.9 Å².